The number of benzene rings is 1. The molecular weight excluding hydrogens is 360 g/mol. The molecule has 1 fully saturated rings. The average Bonchev–Trinajstić information content (AvgIpc) is 3.13. The molecule has 0 aliphatic carbocycles. The van der Waals surface area contributed by atoms with Gasteiger partial charge in [-0.2, -0.15) is 0 Å². The number of hydrogen-bond acceptors (Lipinski definition) is 5. The third-order valence-electron chi connectivity index (χ3n) is 4.95. The van der Waals surface area contributed by atoms with Gasteiger partial charge in [-0.25, -0.2) is 4.79 Å². The smallest absolute Gasteiger partial charge is 0.410 e. The molecule has 0 saturated carbocycles. The molecule has 0 spiro atoms. The molecule has 7 heteroatoms. The van der Waals surface area contributed by atoms with Crippen LogP contribution in [-0.4, -0.2) is 60.0 Å². The summed E-state index contributed by atoms with van der Waals surface area (Å²) in [4.78, 5) is 50.9. The van der Waals surface area contributed by atoms with Crippen molar-refractivity contribution in [1.29, 1.82) is 0 Å². The van der Waals surface area contributed by atoms with Gasteiger partial charge in [0.15, 0.2) is 0 Å². The lowest BCUT2D eigenvalue weighted by molar-refractivity contribution is -0.139. The minimum Gasteiger partial charge on any atom is -0.445 e. The molecule has 28 heavy (non-hydrogen) atoms. The first-order valence-corrected chi connectivity index (χ1v) is 9.52. The summed E-state index contributed by atoms with van der Waals surface area (Å²) in [7, 11) is 1.53. The predicted octanol–water partition coefficient (Wildman–Crippen LogP) is 2.28. The summed E-state index contributed by atoms with van der Waals surface area (Å²) in [6.45, 7) is 4.23. The molecule has 1 heterocycles. The number of rotatable bonds is 8. The van der Waals surface area contributed by atoms with E-state index in [1.165, 1.54) is 16.8 Å². The number of carbonyl (C=O) groups is 4. The standard InChI is InChI=1S/C21H28N2O5/c1-15(2)9-19(20(26)23-11-17(12-24)10-18(23)13-25)22(3)21(27)28-14-16-7-5-4-6-8-16/h4-8,12-13,15,17-19H,9-11,14H2,1-3H3. The highest BCUT2D eigenvalue weighted by molar-refractivity contribution is 5.88. The number of aldehydes is 2. The summed E-state index contributed by atoms with van der Waals surface area (Å²) in [6.07, 6.45) is 1.64. The SMILES string of the molecule is CC(C)CC(C(=O)N1CC(C=O)CC1C=O)N(C)C(=O)OCc1ccccc1. The Balaban J connectivity index is 2.10. The van der Waals surface area contributed by atoms with Crippen LogP contribution in [0, 0.1) is 11.8 Å². The van der Waals surface area contributed by atoms with Crippen molar-refractivity contribution in [1.82, 2.24) is 9.80 Å². The maximum atomic E-state index is 13.1. The van der Waals surface area contributed by atoms with Crippen LogP contribution in [0.3, 0.4) is 0 Å². The number of carbonyl (C=O) groups excluding carboxylic acids is 4. The van der Waals surface area contributed by atoms with Gasteiger partial charge in [0.05, 0.1) is 6.04 Å². The fraction of sp³-hybridized carbons (Fsp3) is 0.524. The fourth-order valence-electron chi connectivity index (χ4n) is 3.39. The van der Waals surface area contributed by atoms with E-state index in [0.717, 1.165) is 11.8 Å². The van der Waals surface area contributed by atoms with Crippen molar-refractivity contribution in [3.05, 3.63) is 35.9 Å². The number of likely N-dealkylation sites (tertiary alicyclic amines) is 1. The van der Waals surface area contributed by atoms with Gasteiger partial charge in [0, 0.05) is 19.5 Å². The largest absolute Gasteiger partial charge is 0.445 e. The van der Waals surface area contributed by atoms with Crippen molar-refractivity contribution in [2.45, 2.75) is 45.4 Å². The summed E-state index contributed by atoms with van der Waals surface area (Å²) < 4.78 is 5.35. The van der Waals surface area contributed by atoms with E-state index in [-0.39, 0.29) is 30.9 Å². The molecule has 0 bridgehead atoms. The highest BCUT2D eigenvalue weighted by Gasteiger charge is 2.40. The quantitative estimate of drug-likeness (QED) is 0.638. The van der Waals surface area contributed by atoms with E-state index < -0.39 is 18.2 Å². The van der Waals surface area contributed by atoms with E-state index in [1.54, 1.807) is 0 Å². The van der Waals surface area contributed by atoms with Crippen LogP contribution in [0.1, 0.15) is 32.3 Å². The topological polar surface area (TPSA) is 84.0 Å². The molecular formula is C21H28N2O5. The molecule has 1 saturated heterocycles. The summed E-state index contributed by atoms with van der Waals surface area (Å²) in [5, 5.41) is 0. The molecule has 3 unspecified atom stereocenters. The van der Waals surface area contributed by atoms with Crippen LogP contribution in [0.4, 0.5) is 4.79 Å². The molecule has 0 N–H and O–H groups in total. The van der Waals surface area contributed by atoms with Crippen LogP contribution in [-0.2, 0) is 25.7 Å². The second-order valence-electron chi connectivity index (χ2n) is 7.62. The minimum atomic E-state index is -0.754. The maximum absolute atomic E-state index is 13.1. The van der Waals surface area contributed by atoms with E-state index in [0.29, 0.717) is 19.1 Å². The fourth-order valence-corrected chi connectivity index (χ4v) is 3.39. The van der Waals surface area contributed by atoms with Gasteiger partial charge in [-0.1, -0.05) is 44.2 Å². The molecule has 1 aromatic rings. The third-order valence-corrected chi connectivity index (χ3v) is 4.95. The van der Waals surface area contributed by atoms with Crippen LogP contribution in [0.15, 0.2) is 30.3 Å². The Labute approximate surface area is 165 Å². The zero-order valence-corrected chi connectivity index (χ0v) is 16.6. The van der Waals surface area contributed by atoms with Crippen molar-refractivity contribution in [3.8, 4) is 0 Å². The van der Waals surface area contributed by atoms with Gasteiger partial charge >= 0.3 is 6.09 Å². The van der Waals surface area contributed by atoms with Crippen LogP contribution in [0.2, 0.25) is 0 Å². The zero-order valence-electron chi connectivity index (χ0n) is 16.6. The third kappa shape index (κ3) is 5.41. The summed E-state index contributed by atoms with van der Waals surface area (Å²) >= 11 is 0. The van der Waals surface area contributed by atoms with E-state index in [4.69, 9.17) is 4.74 Å². The number of amides is 2. The van der Waals surface area contributed by atoms with E-state index in [2.05, 4.69) is 0 Å². The lowest BCUT2D eigenvalue weighted by Crippen LogP contribution is -2.51. The lowest BCUT2D eigenvalue weighted by Gasteiger charge is -2.32. The Morgan fingerprint density at radius 1 is 1.21 bits per heavy atom. The number of likely N-dealkylation sites (N-methyl/N-ethyl adjacent to an activating group) is 1. The Bertz CT molecular complexity index is 691. The molecule has 1 aliphatic heterocycles. The molecule has 152 valence electrons. The number of nitrogens with zero attached hydrogens (tertiary/aromatic N) is 2. The summed E-state index contributed by atoms with van der Waals surface area (Å²) in [6, 6.07) is 7.90. The maximum Gasteiger partial charge on any atom is 0.410 e. The molecule has 7 nitrogen and oxygen atoms in total. The highest BCUT2D eigenvalue weighted by Crippen LogP contribution is 2.24. The summed E-state index contributed by atoms with van der Waals surface area (Å²) in [5.41, 5.74) is 0.852. The van der Waals surface area contributed by atoms with Gasteiger partial charge in [0.1, 0.15) is 25.2 Å². The van der Waals surface area contributed by atoms with Crippen molar-refractivity contribution < 1.29 is 23.9 Å². The van der Waals surface area contributed by atoms with Gasteiger partial charge < -0.3 is 19.2 Å². The van der Waals surface area contributed by atoms with Crippen molar-refractivity contribution in [2.75, 3.05) is 13.6 Å². The molecule has 3 atom stereocenters. The Morgan fingerprint density at radius 2 is 1.89 bits per heavy atom. The first-order valence-electron chi connectivity index (χ1n) is 9.52. The van der Waals surface area contributed by atoms with E-state index >= 15 is 0 Å². The summed E-state index contributed by atoms with van der Waals surface area (Å²) in [5.74, 6) is -0.527. The monoisotopic (exact) mass is 388 g/mol. The first kappa shape index (κ1) is 21.6. The zero-order chi connectivity index (χ0) is 20.7. The second-order valence-corrected chi connectivity index (χ2v) is 7.62. The Hall–Kier alpha value is -2.70. The normalized spacial score (nSPS) is 19.9. The van der Waals surface area contributed by atoms with Gasteiger partial charge in [0.2, 0.25) is 5.91 Å². The Morgan fingerprint density at radius 3 is 2.46 bits per heavy atom. The van der Waals surface area contributed by atoms with Crippen molar-refractivity contribution in [2.24, 2.45) is 11.8 Å². The Kier molecular flexibility index (Phi) is 7.72. The molecule has 2 amide bonds. The van der Waals surface area contributed by atoms with Crippen LogP contribution in [0.25, 0.3) is 0 Å². The molecule has 1 aromatic carbocycles. The predicted molar refractivity (Wildman–Crippen MR) is 103 cm³/mol. The van der Waals surface area contributed by atoms with E-state index in [9.17, 15) is 19.2 Å². The van der Waals surface area contributed by atoms with Crippen LogP contribution >= 0.6 is 0 Å². The van der Waals surface area contributed by atoms with Crippen molar-refractivity contribution in [3.63, 3.8) is 0 Å². The molecule has 1 aliphatic rings. The van der Waals surface area contributed by atoms with Crippen LogP contribution < -0.4 is 0 Å². The second kappa shape index (κ2) is 10.0. The molecule has 2 rings (SSSR count). The number of ether oxygens (including phenoxy) is 1. The molecule has 0 aromatic heterocycles. The van der Waals surface area contributed by atoms with Gasteiger partial charge in [0.25, 0.3) is 0 Å². The first-order chi connectivity index (χ1) is 13.4. The van der Waals surface area contributed by atoms with Crippen LogP contribution in [0.5, 0.6) is 0 Å². The average molecular weight is 388 g/mol. The lowest BCUT2D eigenvalue weighted by atomic mass is 10.0. The molecule has 0 radical (unpaired) electrons. The highest BCUT2D eigenvalue weighted by atomic mass is 16.6. The number of hydrogen-bond donors (Lipinski definition) is 0. The van der Waals surface area contributed by atoms with Gasteiger partial charge in [-0.15, -0.1) is 0 Å². The van der Waals surface area contributed by atoms with Gasteiger partial charge in [-0.3, -0.25) is 9.69 Å². The van der Waals surface area contributed by atoms with Gasteiger partial charge in [-0.05, 0) is 24.3 Å². The minimum absolute atomic E-state index is 0.112. The van der Waals surface area contributed by atoms with Crippen molar-refractivity contribution >= 4 is 24.6 Å². The van der Waals surface area contributed by atoms with E-state index in [1.807, 2.05) is 44.2 Å².